The van der Waals surface area contributed by atoms with E-state index < -0.39 is 0 Å². The Morgan fingerprint density at radius 3 is 3.00 bits per heavy atom. The number of halogens is 1. The maximum Gasteiger partial charge on any atom is 0.224 e. The lowest BCUT2D eigenvalue weighted by Gasteiger charge is -2.05. The van der Waals surface area contributed by atoms with Crippen LogP contribution in [-0.4, -0.2) is 15.5 Å². The van der Waals surface area contributed by atoms with E-state index in [-0.39, 0.29) is 5.91 Å². The molecule has 1 amide bonds. The van der Waals surface area contributed by atoms with Crippen LogP contribution < -0.4 is 5.32 Å². The van der Waals surface area contributed by atoms with Gasteiger partial charge in [0.25, 0.3) is 0 Å². The van der Waals surface area contributed by atoms with Crippen molar-refractivity contribution >= 4 is 28.5 Å². The fraction of sp³-hybridized carbons (Fsp3) is 0.176. The molecule has 3 rings (SSSR count). The molecule has 2 heterocycles. The van der Waals surface area contributed by atoms with Gasteiger partial charge in [0, 0.05) is 36.4 Å². The Morgan fingerprint density at radius 1 is 1.32 bits per heavy atom. The number of pyridine rings is 1. The van der Waals surface area contributed by atoms with Crippen LogP contribution in [0.15, 0.2) is 48.8 Å². The summed E-state index contributed by atoms with van der Waals surface area (Å²) in [4.78, 5) is 16.5. The number of hydrogen-bond acceptors (Lipinski definition) is 2. The van der Waals surface area contributed by atoms with Crippen molar-refractivity contribution < 1.29 is 4.79 Å². The Bertz CT molecular complexity index is 826. The van der Waals surface area contributed by atoms with Crippen molar-refractivity contribution in [3.8, 4) is 0 Å². The molecule has 4 nitrogen and oxygen atoms in total. The second kappa shape index (κ2) is 6.20. The van der Waals surface area contributed by atoms with E-state index in [1.165, 1.54) is 0 Å². The summed E-state index contributed by atoms with van der Waals surface area (Å²) in [6.07, 6.45) is 4.05. The molecule has 0 spiro atoms. The van der Waals surface area contributed by atoms with E-state index in [0.29, 0.717) is 18.0 Å². The zero-order valence-electron chi connectivity index (χ0n) is 12.2. The molecule has 1 N–H and O–H groups in total. The molecule has 0 bridgehead atoms. The summed E-state index contributed by atoms with van der Waals surface area (Å²) in [5.41, 5.74) is 2.86. The Balaban J connectivity index is 1.68. The first-order chi connectivity index (χ1) is 10.6. The topological polar surface area (TPSA) is 46.9 Å². The maximum absolute atomic E-state index is 12.1. The number of aryl methyl sites for hydroxylation is 1. The SMILES string of the molecule is Cn1cc(CC(=O)NCc2cccc(Cl)c2)c2cccnc21. The number of fused-ring (bicyclic) bond motifs is 1. The highest BCUT2D eigenvalue weighted by atomic mass is 35.5. The predicted octanol–water partition coefficient (Wildman–Crippen LogP) is 3.09. The second-order valence-corrected chi connectivity index (χ2v) is 5.66. The zero-order chi connectivity index (χ0) is 15.5. The molecular formula is C17H16ClN3O. The van der Waals surface area contributed by atoms with E-state index >= 15 is 0 Å². The van der Waals surface area contributed by atoms with Gasteiger partial charge in [-0.25, -0.2) is 4.98 Å². The molecule has 112 valence electrons. The van der Waals surface area contributed by atoms with Gasteiger partial charge >= 0.3 is 0 Å². The van der Waals surface area contributed by atoms with Gasteiger partial charge in [0.15, 0.2) is 0 Å². The Hall–Kier alpha value is -2.33. The van der Waals surface area contributed by atoms with Gasteiger partial charge in [-0.3, -0.25) is 4.79 Å². The standard InChI is InChI=1S/C17H16ClN3O/c1-21-11-13(15-6-3-7-19-17(15)21)9-16(22)20-10-12-4-2-5-14(18)8-12/h2-8,11H,9-10H2,1H3,(H,20,22). The Morgan fingerprint density at radius 2 is 2.18 bits per heavy atom. The highest BCUT2D eigenvalue weighted by Gasteiger charge is 2.11. The third-order valence-corrected chi connectivity index (χ3v) is 3.78. The number of benzene rings is 1. The normalized spacial score (nSPS) is 10.8. The van der Waals surface area contributed by atoms with Crippen LogP contribution in [0.3, 0.4) is 0 Å². The number of hydrogen-bond donors (Lipinski definition) is 1. The summed E-state index contributed by atoms with van der Waals surface area (Å²) < 4.78 is 1.94. The molecule has 5 heteroatoms. The fourth-order valence-corrected chi connectivity index (χ4v) is 2.73. The van der Waals surface area contributed by atoms with Crippen molar-refractivity contribution in [3.63, 3.8) is 0 Å². The third-order valence-electron chi connectivity index (χ3n) is 3.55. The largest absolute Gasteiger partial charge is 0.352 e. The number of nitrogens with zero attached hydrogens (tertiary/aromatic N) is 2. The summed E-state index contributed by atoms with van der Waals surface area (Å²) >= 11 is 5.94. The first-order valence-corrected chi connectivity index (χ1v) is 7.41. The smallest absolute Gasteiger partial charge is 0.224 e. The molecule has 0 atom stereocenters. The monoisotopic (exact) mass is 313 g/mol. The zero-order valence-corrected chi connectivity index (χ0v) is 13.0. The van der Waals surface area contributed by atoms with Gasteiger partial charge in [-0.15, -0.1) is 0 Å². The Kier molecular flexibility index (Phi) is 4.11. The van der Waals surface area contributed by atoms with Crippen molar-refractivity contribution in [3.05, 3.63) is 64.9 Å². The van der Waals surface area contributed by atoms with Crippen LogP contribution in [0.2, 0.25) is 5.02 Å². The molecule has 0 saturated carbocycles. The summed E-state index contributed by atoms with van der Waals surface area (Å²) in [5.74, 6) is -0.0173. The van der Waals surface area contributed by atoms with E-state index in [0.717, 1.165) is 22.2 Å². The molecule has 0 aliphatic carbocycles. The summed E-state index contributed by atoms with van der Waals surface area (Å²) in [5, 5.41) is 4.61. The molecule has 0 fully saturated rings. The van der Waals surface area contributed by atoms with Crippen molar-refractivity contribution in [1.29, 1.82) is 0 Å². The molecule has 0 radical (unpaired) electrons. The lowest BCUT2D eigenvalue weighted by Crippen LogP contribution is -2.24. The average molecular weight is 314 g/mol. The second-order valence-electron chi connectivity index (χ2n) is 5.22. The van der Waals surface area contributed by atoms with Crippen LogP contribution in [0.1, 0.15) is 11.1 Å². The maximum atomic E-state index is 12.1. The quantitative estimate of drug-likeness (QED) is 0.804. The van der Waals surface area contributed by atoms with Gasteiger partial charge in [-0.05, 0) is 35.4 Å². The minimum Gasteiger partial charge on any atom is -0.352 e. The number of amides is 1. The minimum atomic E-state index is -0.0173. The molecule has 3 aromatic rings. The van der Waals surface area contributed by atoms with Crippen LogP contribution in [0.5, 0.6) is 0 Å². The molecule has 1 aromatic carbocycles. The van der Waals surface area contributed by atoms with E-state index in [1.54, 1.807) is 6.20 Å². The van der Waals surface area contributed by atoms with Crippen LogP contribution in [0.4, 0.5) is 0 Å². The van der Waals surface area contributed by atoms with Crippen molar-refractivity contribution in [2.24, 2.45) is 7.05 Å². The Labute approximate surface area is 133 Å². The minimum absolute atomic E-state index is 0.0173. The van der Waals surface area contributed by atoms with E-state index in [4.69, 9.17) is 11.6 Å². The average Bonchev–Trinajstić information content (AvgIpc) is 2.82. The van der Waals surface area contributed by atoms with E-state index in [1.807, 2.05) is 54.2 Å². The highest BCUT2D eigenvalue weighted by Crippen LogP contribution is 2.18. The number of aromatic nitrogens is 2. The highest BCUT2D eigenvalue weighted by molar-refractivity contribution is 6.30. The van der Waals surface area contributed by atoms with Gasteiger partial charge in [-0.2, -0.15) is 0 Å². The molecule has 22 heavy (non-hydrogen) atoms. The van der Waals surface area contributed by atoms with Gasteiger partial charge in [0.05, 0.1) is 6.42 Å². The molecular weight excluding hydrogens is 298 g/mol. The first kappa shape index (κ1) is 14.6. The lowest BCUT2D eigenvalue weighted by atomic mass is 10.1. The molecule has 0 saturated heterocycles. The van der Waals surface area contributed by atoms with Crippen molar-refractivity contribution in [2.75, 3.05) is 0 Å². The summed E-state index contributed by atoms with van der Waals surface area (Å²) in [6.45, 7) is 0.475. The molecule has 0 unspecified atom stereocenters. The van der Waals surface area contributed by atoms with Crippen LogP contribution in [-0.2, 0) is 24.8 Å². The van der Waals surface area contributed by atoms with Crippen LogP contribution in [0, 0.1) is 0 Å². The van der Waals surface area contributed by atoms with Gasteiger partial charge in [0.2, 0.25) is 5.91 Å². The third kappa shape index (κ3) is 3.12. The van der Waals surface area contributed by atoms with Crippen molar-refractivity contribution in [2.45, 2.75) is 13.0 Å². The van der Waals surface area contributed by atoms with Crippen LogP contribution >= 0.6 is 11.6 Å². The van der Waals surface area contributed by atoms with E-state index in [2.05, 4.69) is 10.3 Å². The first-order valence-electron chi connectivity index (χ1n) is 7.03. The van der Waals surface area contributed by atoms with E-state index in [9.17, 15) is 4.79 Å². The molecule has 0 aliphatic rings. The predicted molar refractivity (Wildman–Crippen MR) is 87.7 cm³/mol. The summed E-state index contributed by atoms with van der Waals surface area (Å²) in [6, 6.07) is 11.4. The number of carbonyl (C=O) groups is 1. The van der Waals surface area contributed by atoms with Gasteiger partial charge < -0.3 is 9.88 Å². The lowest BCUT2D eigenvalue weighted by molar-refractivity contribution is -0.120. The van der Waals surface area contributed by atoms with Gasteiger partial charge in [-0.1, -0.05) is 23.7 Å². The number of carbonyl (C=O) groups excluding carboxylic acids is 1. The molecule has 2 aromatic heterocycles. The summed E-state index contributed by atoms with van der Waals surface area (Å²) in [7, 11) is 1.93. The number of nitrogens with one attached hydrogen (secondary N) is 1. The van der Waals surface area contributed by atoms with Crippen LogP contribution in [0.25, 0.3) is 11.0 Å². The number of rotatable bonds is 4. The van der Waals surface area contributed by atoms with Crippen molar-refractivity contribution in [1.82, 2.24) is 14.9 Å². The molecule has 0 aliphatic heterocycles. The fourth-order valence-electron chi connectivity index (χ4n) is 2.52. The van der Waals surface area contributed by atoms with Gasteiger partial charge in [0.1, 0.15) is 5.65 Å².